The van der Waals surface area contributed by atoms with Gasteiger partial charge in [-0.25, -0.2) is 0 Å². The normalized spacial score (nSPS) is 9.92. The molecule has 0 aromatic carbocycles. The van der Waals surface area contributed by atoms with Crippen molar-refractivity contribution in [1.82, 2.24) is 4.98 Å². The molecular formula is C9H12NO2. The Balaban J connectivity index is 3.00. The minimum absolute atomic E-state index is 0.506. The molecule has 3 heteroatoms. The topological polar surface area (TPSA) is 31.4 Å². The summed E-state index contributed by atoms with van der Waals surface area (Å²) in [6, 6.07) is 2.97. The molecule has 1 rings (SSSR count). The van der Waals surface area contributed by atoms with Crippen LogP contribution < -0.4 is 4.74 Å². The summed E-state index contributed by atoms with van der Waals surface area (Å²) in [7, 11) is 3.26. The van der Waals surface area contributed by atoms with Crippen molar-refractivity contribution in [3.05, 3.63) is 23.5 Å². The number of hydrogen-bond acceptors (Lipinski definition) is 3. The van der Waals surface area contributed by atoms with Crippen molar-refractivity contribution in [2.24, 2.45) is 0 Å². The second kappa shape index (κ2) is 4.07. The highest BCUT2D eigenvalue weighted by atomic mass is 16.5. The number of rotatable bonds is 3. The van der Waals surface area contributed by atoms with E-state index >= 15 is 0 Å². The van der Waals surface area contributed by atoms with Crippen LogP contribution in [0.3, 0.4) is 0 Å². The fraction of sp³-hybridized carbons (Fsp3) is 0.444. The molecule has 0 N–H and O–H groups in total. The van der Waals surface area contributed by atoms with Gasteiger partial charge in [0, 0.05) is 24.9 Å². The van der Waals surface area contributed by atoms with Gasteiger partial charge in [-0.1, -0.05) is 0 Å². The Morgan fingerprint density at radius 1 is 1.50 bits per heavy atom. The third kappa shape index (κ3) is 1.74. The van der Waals surface area contributed by atoms with Gasteiger partial charge in [-0.15, -0.1) is 0 Å². The van der Waals surface area contributed by atoms with Crippen LogP contribution in [-0.2, 0) is 11.3 Å². The molecule has 65 valence electrons. The third-order valence-corrected chi connectivity index (χ3v) is 1.59. The average molecular weight is 166 g/mol. The zero-order chi connectivity index (χ0) is 8.97. The maximum absolute atomic E-state index is 5.15. The largest absolute Gasteiger partial charge is 0.494 e. The lowest BCUT2D eigenvalue weighted by Gasteiger charge is -2.08. The summed E-state index contributed by atoms with van der Waals surface area (Å²) in [6.07, 6.45) is 1.63. The molecule has 1 aromatic rings. The first-order valence-corrected chi connectivity index (χ1v) is 3.68. The molecule has 0 unspecified atom stereocenters. The van der Waals surface area contributed by atoms with E-state index in [1.54, 1.807) is 20.4 Å². The van der Waals surface area contributed by atoms with Crippen molar-refractivity contribution in [3.8, 4) is 5.75 Å². The molecule has 1 radical (unpaired) electrons. The van der Waals surface area contributed by atoms with Gasteiger partial charge >= 0.3 is 0 Å². The number of hydrogen-bond donors (Lipinski definition) is 0. The molecule has 0 amide bonds. The van der Waals surface area contributed by atoms with E-state index in [1.165, 1.54) is 0 Å². The van der Waals surface area contributed by atoms with Gasteiger partial charge in [0.1, 0.15) is 5.75 Å². The van der Waals surface area contributed by atoms with Crippen molar-refractivity contribution < 1.29 is 9.47 Å². The van der Waals surface area contributed by atoms with E-state index in [9.17, 15) is 0 Å². The van der Waals surface area contributed by atoms with Gasteiger partial charge < -0.3 is 9.47 Å². The summed E-state index contributed by atoms with van der Waals surface area (Å²) in [5.41, 5.74) is 1.77. The Kier molecular flexibility index (Phi) is 3.05. The van der Waals surface area contributed by atoms with E-state index in [-0.39, 0.29) is 0 Å². The Hall–Kier alpha value is -1.09. The van der Waals surface area contributed by atoms with E-state index in [4.69, 9.17) is 9.47 Å². The Bertz CT molecular complexity index is 261. The number of nitrogens with zero attached hydrogens (tertiary/aromatic N) is 1. The number of aromatic nitrogens is 1. The number of ether oxygens (including phenoxy) is 2. The zero-order valence-electron chi connectivity index (χ0n) is 7.55. The highest BCUT2D eigenvalue weighted by Crippen LogP contribution is 2.20. The molecule has 12 heavy (non-hydrogen) atoms. The summed E-state index contributed by atoms with van der Waals surface area (Å²) >= 11 is 0. The fourth-order valence-electron chi connectivity index (χ4n) is 1.07. The average Bonchev–Trinajstić information content (AvgIpc) is 2.05. The predicted molar refractivity (Wildman–Crippen MR) is 45.1 cm³/mol. The third-order valence-electron chi connectivity index (χ3n) is 1.59. The van der Waals surface area contributed by atoms with Crippen LogP contribution in [0.25, 0.3) is 0 Å². The highest BCUT2D eigenvalue weighted by molar-refractivity contribution is 5.34. The predicted octanol–water partition coefficient (Wildman–Crippen LogP) is 1.35. The molecule has 0 aliphatic rings. The van der Waals surface area contributed by atoms with Crippen LogP contribution in [0.5, 0.6) is 5.75 Å². The number of aryl methyl sites for hydroxylation is 1. The maximum Gasteiger partial charge on any atom is 0.146 e. The van der Waals surface area contributed by atoms with Crippen molar-refractivity contribution >= 4 is 0 Å². The fourth-order valence-corrected chi connectivity index (χ4v) is 1.07. The molecule has 0 fully saturated rings. The first-order valence-electron chi connectivity index (χ1n) is 3.68. The zero-order valence-corrected chi connectivity index (χ0v) is 7.55. The van der Waals surface area contributed by atoms with Gasteiger partial charge in [-0.3, -0.25) is 4.98 Å². The molecule has 0 aliphatic heterocycles. The van der Waals surface area contributed by atoms with E-state index in [0.29, 0.717) is 6.61 Å². The van der Waals surface area contributed by atoms with Crippen LogP contribution in [0.1, 0.15) is 11.3 Å². The second-order valence-electron chi connectivity index (χ2n) is 2.43. The molecule has 1 aromatic heterocycles. The van der Waals surface area contributed by atoms with E-state index in [0.717, 1.165) is 17.0 Å². The van der Waals surface area contributed by atoms with Gasteiger partial charge in [0.25, 0.3) is 0 Å². The van der Waals surface area contributed by atoms with Crippen LogP contribution >= 0.6 is 0 Å². The van der Waals surface area contributed by atoms with Crippen LogP contribution in [-0.4, -0.2) is 19.2 Å². The lowest BCUT2D eigenvalue weighted by molar-refractivity contribution is 0.181. The van der Waals surface area contributed by atoms with Crippen LogP contribution in [0.2, 0.25) is 0 Å². The van der Waals surface area contributed by atoms with E-state index < -0.39 is 0 Å². The molecule has 1 heterocycles. The summed E-state index contributed by atoms with van der Waals surface area (Å²) in [6.45, 7) is 2.40. The Labute approximate surface area is 72.3 Å². The summed E-state index contributed by atoms with van der Waals surface area (Å²) in [5.74, 6) is 0.763. The van der Waals surface area contributed by atoms with Gasteiger partial charge in [0.05, 0.1) is 19.4 Å². The second-order valence-corrected chi connectivity index (χ2v) is 2.43. The summed E-state index contributed by atoms with van der Waals surface area (Å²) < 4.78 is 10.1. The van der Waals surface area contributed by atoms with Gasteiger partial charge in [-0.2, -0.15) is 0 Å². The number of pyridine rings is 1. The molecule has 0 saturated heterocycles. The molecule has 0 aliphatic carbocycles. The van der Waals surface area contributed by atoms with Crippen molar-refractivity contribution in [3.63, 3.8) is 0 Å². The van der Waals surface area contributed by atoms with Gasteiger partial charge in [-0.05, 0) is 6.92 Å². The van der Waals surface area contributed by atoms with Crippen LogP contribution in [0.4, 0.5) is 0 Å². The number of methoxy groups -OCH3 is 2. The van der Waals surface area contributed by atoms with Crippen molar-refractivity contribution in [1.29, 1.82) is 0 Å². The summed E-state index contributed by atoms with van der Waals surface area (Å²) in [5, 5.41) is 0. The van der Waals surface area contributed by atoms with Crippen LogP contribution in [0, 0.1) is 13.0 Å². The van der Waals surface area contributed by atoms with E-state index in [2.05, 4.69) is 11.1 Å². The van der Waals surface area contributed by atoms with Gasteiger partial charge in [0.2, 0.25) is 0 Å². The Morgan fingerprint density at radius 3 is 2.83 bits per heavy atom. The van der Waals surface area contributed by atoms with Gasteiger partial charge in [0.15, 0.2) is 0 Å². The van der Waals surface area contributed by atoms with Crippen molar-refractivity contribution in [2.45, 2.75) is 13.5 Å². The first kappa shape index (κ1) is 9.00. The monoisotopic (exact) mass is 166 g/mol. The minimum Gasteiger partial charge on any atom is -0.494 e. The first-order chi connectivity index (χ1) is 5.79. The molecule has 0 spiro atoms. The molecule has 0 saturated carbocycles. The van der Waals surface area contributed by atoms with E-state index in [1.807, 2.05) is 6.92 Å². The minimum atomic E-state index is 0.506. The Morgan fingerprint density at radius 2 is 2.25 bits per heavy atom. The molecule has 0 atom stereocenters. The van der Waals surface area contributed by atoms with Crippen molar-refractivity contribution in [2.75, 3.05) is 14.2 Å². The molecule has 3 nitrogen and oxygen atoms in total. The smallest absolute Gasteiger partial charge is 0.146 e. The lowest BCUT2D eigenvalue weighted by Crippen LogP contribution is -1.98. The quantitative estimate of drug-likeness (QED) is 0.679. The molecular weight excluding hydrogens is 154 g/mol. The standard InChI is InChI=1S/C9H12NO2/c1-7-9(12-3)8(6-11-2)4-5-10-7/h5H,6H2,1-3H3. The SMILES string of the molecule is COCc1[c]cnc(C)c1OC. The molecule has 0 bridgehead atoms. The lowest BCUT2D eigenvalue weighted by atomic mass is 10.2. The van der Waals surface area contributed by atoms with Crippen LogP contribution in [0.15, 0.2) is 6.20 Å². The maximum atomic E-state index is 5.15. The highest BCUT2D eigenvalue weighted by Gasteiger charge is 2.05. The summed E-state index contributed by atoms with van der Waals surface area (Å²) in [4.78, 5) is 4.06.